The fourth-order valence-electron chi connectivity index (χ4n) is 4.36. The minimum absolute atomic E-state index is 0.366. The van der Waals surface area contributed by atoms with Crippen LogP contribution < -0.4 is 0 Å². The standard InChI is InChI=1S/C19H37N3/c1-17(2,3)21-12-16(13-21)11-20-9-7-19(8-10-20)14-22(15-19)18(4,5)6/h16H,7-15H2,1-6H3. The molecule has 3 heteroatoms. The quantitative estimate of drug-likeness (QED) is 0.777. The van der Waals surface area contributed by atoms with Gasteiger partial charge in [0.25, 0.3) is 0 Å². The Morgan fingerprint density at radius 1 is 0.818 bits per heavy atom. The Balaban J connectivity index is 1.38. The summed E-state index contributed by atoms with van der Waals surface area (Å²) in [7, 11) is 0. The van der Waals surface area contributed by atoms with Gasteiger partial charge in [0.2, 0.25) is 0 Å². The Hall–Kier alpha value is -0.120. The summed E-state index contributed by atoms with van der Waals surface area (Å²) in [6.45, 7) is 23.4. The first-order valence-corrected chi connectivity index (χ1v) is 9.30. The second-order valence-electron chi connectivity index (χ2n) is 10.3. The van der Waals surface area contributed by atoms with E-state index in [9.17, 15) is 0 Å². The van der Waals surface area contributed by atoms with Gasteiger partial charge in [-0.05, 0) is 78.8 Å². The Kier molecular flexibility index (Phi) is 4.15. The van der Waals surface area contributed by atoms with E-state index in [4.69, 9.17) is 0 Å². The molecular formula is C19H37N3. The molecule has 3 saturated heterocycles. The zero-order valence-corrected chi connectivity index (χ0v) is 15.8. The minimum atomic E-state index is 0.366. The fourth-order valence-corrected chi connectivity index (χ4v) is 4.36. The van der Waals surface area contributed by atoms with Gasteiger partial charge in [0.15, 0.2) is 0 Å². The van der Waals surface area contributed by atoms with E-state index in [-0.39, 0.29) is 0 Å². The summed E-state index contributed by atoms with van der Waals surface area (Å²) in [5.74, 6) is 0.917. The Labute approximate surface area is 138 Å². The van der Waals surface area contributed by atoms with Gasteiger partial charge in [0.1, 0.15) is 0 Å². The average molecular weight is 308 g/mol. The molecule has 0 bridgehead atoms. The van der Waals surface area contributed by atoms with Crippen molar-refractivity contribution in [2.75, 3.05) is 45.8 Å². The summed E-state index contributed by atoms with van der Waals surface area (Å²) in [6.07, 6.45) is 2.85. The zero-order chi connectivity index (χ0) is 16.2. The SMILES string of the molecule is CC(C)(C)N1CC(CN2CCC3(CC2)CN(C(C)(C)C)C3)C1. The van der Waals surface area contributed by atoms with Crippen LogP contribution in [-0.2, 0) is 0 Å². The van der Waals surface area contributed by atoms with Gasteiger partial charge in [0.05, 0.1) is 0 Å². The third kappa shape index (κ3) is 3.37. The van der Waals surface area contributed by atoms with Crippen molar-refractivity contribution in [1.29, 1.82) is 0 Å². The van der Waals surface area contributed by atoms with E-state index in [1.54, 1.807) is 0 Å². The molecule has 3 heterocycles. The Morgan fingerprint density at radius 3 is 1.77 bits per heavy atom. The topological polar surface area (TPSA) is 9.72 Å². The first kappa shape index (κ1) is 16.7. The van der Waals surface area contributed by atoms with Crippen LogP contribution in [0.25, 0.3) is 0 Å². The molecule has 3 rings (SSSR count). The molecule has 3 fully saturated rings. The first-order valence-electron chi connectivity index (χ1n) is 9.30. The van der Waals surface area contributed by atoms with Gasteiger partial charge >= 0.3 is 0 Å². The highest BCUT2D eigenvalue weighted by atomic mass is 15.3. The average Bonchev–Trinajstić information content (AvgIpc) is 2.28. The van der Waals surface area contributed by atoms with Crippen LogP contribution in [0.5, 0.6) is 0 Å². The monoisotopic (exact) mass is 307 g/mol. The van der Waals surface area contributed by atoms with Gasteiger partial charge in [0, 0.05) is 43.8 Å². The molecule has 0 radical (unpaired) electrons. The molecule has 3 nitrogen and oxygen atoms in total. The highest BCUT2D eigenvalue weighted by Gasteiger charge is 2.48. The third-order valence-corrected chi connectivity index (χ3v) is 6.34. The maximum Gasteiger partial charge on any atom is 0.0125 e. The van der Waals surface area contributed by atoms with E-state index in [0.717, 1.165) is 5.92 Å². The zero-order valence-electron chi connectivity index (χ0n) is 15.8. The number of nitrogens with zero attached hydrogens (tertiary/aromatic N) is 3. The molecule has 1 spiro atoms. The van der Waals surface area contributed by atoms with Gasteiger partial charge in [-0.1, -0.05) is 0 Å². The van der Waals surface area contributed by atoms with Crippen molar-refractivity contribution in [1.82, 2.24) is 14.7 Å². The maximum absolute atomic E-state index is 2.75. The molecule has 0 aromatic rings. The number of hydrogen-bond acceptors (Lipinski definition) is 3. The third-order valence-electron chi connectivity index (χ3n) is 6.34. The summed E-state index contributed by atoms with van der Waals surface area (Å²) < 4.78 is 0. The van der Waals surface area contributed by atoms with Crippen LogP contribution >= 0.6 is 0 Å². The van der Waals surface area contributed by atoms with E-state index >= 15 is 0 Å². The molecule has 128 valence electrons. The second kappa shape index (κ2) is 5.46. The second-order valence-corrected chi connectivity index (χ2v) is 10.3. The predicted octanol–water partition coefficient (Wildman–Crippen LogP) is 2.91. The van der Waals surface area contributed by atoms with E-state index in [1.165, 1.54) is 58.7 Å². The first-order chi connectivity index (χ1) is 10.1. The van der Waals surface area contributed by atoms with Crippen LogP contribution in [0, 0.1) is 11.3 Å². The molecule has 0 unspecified atom stereocenters. The Bertz CT molecular complexity index is 382. The van der Waals surface area contributed by atoms with E-state index in [1.807, 2.05) is 0 Å². The lowest BCUT2D eigenvalue weighted by Gasteiger charge is -2.59. The van der Waals surface area contributed by atoms with Crippen molar-refractivity contribution in [3.05, 3.63) is 0 Å². The van der Waals surface area contributed by atoms with Gasteiger partial charge in [-0.2, -0.15) is 0 Å². The van der Waals surface area contributed by atoms with Crippen LogP contribution in [0.4, 0.5) is 0 Å². The number of hydrogen-bond donors (Lipinski definition) is 0. The van der Waals surface area contributed by atoms with Gasteiger partial charge in [-0.15, -0.1) is 0 Å². The lowest BCUT2D eigenvalue weighted by atomic mass is 9.70. The predicted molar refractivity (Wildman–Crippen MR) is 94.2 cm³/mol. The summed E-state index contributed by atoms with van der Waals surface area (Å²) in [4.78, 5) is 8.03. The van der Waals surface area contributed by atoms with Crippen molar-refractivity contribution >= 4 is 0 Å². The smallest absolute Gasteiger partial charge is 0.0125 e. The minimum Gasteiger partial charge on any atom is -0.303 e. The van der Waals surface area contributed by atoms with Crippen molar-refractivity contribution < 1.29 is 0 Å². The molecule has 22 heavy (non-hydrogen) atoms. The molecule has 0 aromatic heterocycles. The molecule has 0 N–H and O–H groups in total. The van der Waals surface area contributed by atoms with Crippen molar-refractivity contribution in [3.63, 3.8) is 0 Å². The van der Waals surface area contributed by atoms with Crippen LogP contribution in [-0.4, -0.2) is 71.6 Å². The number of rotatable bonds is 2. The summed E-state index contributed by atoms with van der Waals surface area (Å²) in [5, 5.41) is 0. The van der Waals surface area contributed by atoms with Gasteiger partial charge in [-0.25, -0.2) is 0 Å². The fraction of sp³-hybridized carbons (Fsp3) is 1.00. The molecule has 0 amide bonds. The van der Waals surface area contributed by atoms with Crippen LogP contribution in [0.3, 0.4) is 0 Å². The molecular weight excluding hydrogens is 270 g/mol. The highest BCUT2D eigenvalue weighted by molar-refractivity contribution is 5.02. The lowest BCUT2D eigenvalue weighted by Crippen LogP contribution is -2.65. The summed E-state index contributed by atoms with van der Waals surface area (Å²) in [5.41, 5.74) is 1.40. The van der Waals surface area contributed by atoms with E-state index < -0.39 is 0 Å². The van der Waals surface area contributed by atoms with E-state index in [0.29, 0.717) is 16.5 Å². The molecule has 0 aliphatic carbocycles. The molecule has 0 saturated carbocycles. The van der Waals surface area contributed by atoms with Crippen molar-refractivity contribution in [2.24, 2.45) is 11.3 Å². The summed E-state index contributed by atoms with van der Waals surface area (Å²) in [6, 6.07) is 0. The normalized spacial score (nSPS) is 28.6. The number of piperidine rings is 1. The van der Waals surface area contributed by atoms with E-state index in [2.05, 4.69) is 56.2 Å². The molecule has 3 aliphatic rings. The number of likely N-dealkylation sites (tertiary alicyclic amines) is 3. The lowest BCUT2D eigenvalue weighted by molar-refractivity contribution is -0.0949. The van der Waals surface area contributed by atoms with Crippen molar-refractivity contribution in [2.45, 2.75) is 65.5 Å². The highest BCUT2D eigenvalue weighted by Crippen LogP contribution is 2.43. The molecule has 0 aromatic carbocycles. The van der Waals surface area contributed by atoms with Crippen molar-refractivity contribution in [3.8, 4) is 0 Å². The molecule has 0 atom stereocenters. The van der Waals surface area contributed by atoms with Gasteiger partial charge < -0.3 is 4.90 Å². The largest absolute Gasteiger partial charge is 0.303 e. The Morgan fingerprint density at radius 2 is 1.32 bits per heavy atom. The molecule has 3 aliphatic heterocycles. The van der Waals surface area contributed by atoms with Crippen LogP contribution in [0.2, 0.25) is 0 Å². The summed E-state index contributed by atoms with van der Waals surface area (Å²) >= 11 is 0. The van der Waals surface area contributed by atoms with Crippen LogP contribution in [0.15, 0.2) is 0 Å². The van der Waals surface area contributed by atoms with Gasteiger partial charge in [-0.3, -0.25) is 9.80 Å². The maximum atomic E-state index is 2.75. The van der Waals surface area contributed by atoms with Crippen LogP contribution in [0.1, 0.15) is 54.4 Å².